The van der Waals surface area contributed by atoms with Gasteiger partial charge in [-0.05, 0) is 31.2 Å². The maximum atomic E-state index is 3.55. The quantitative estimate of drug-likeness (QED) is 0.763. The average Bonchev–Trinajstić information content (AvgIpc) is 2.28. The van der Waals surface area contributed by atoms with Crippen LogP contribution in [0.5, 0.6) is 0 Å². The third kappa shape index (κ3) is 5.85. The van der Waals surface area contributed by atoms with Crippen LogP contribution in [-0.4, -0.2) is 24.1 Å². The van der Waals surface area contributed by atoms with Crippen LogP contribution in [0.25, 0.3) is 0 Å². The molecule has 0 saturated carbocycles. The zero-order valence-electron chi connectivity index (χ0n) is 9.70. The highest BCUT2D eigenvalue weighted by Crippen LogP contribution is 2.02. The van der Waals surface area contributed by atoms with Gasteiger partial charge in [0.1, 0.15) is 0 Å². The van der Waals surface area contributed by atoms with Crippen LogP contribution in [0.15, 0.2) is 30.3 Å². The van der Waals surface area contributed by atoms with E-state index >= 15 is 0 Å². The molecule has 1 atom stereocenters. The van der Waals surface area contributed by atoms with Gasteiger partial charge in [-0.2, -0.15) is 11.8 Å². The molecule has 1 N–H and O–H groups in total. The molecule has 0 heterocycles. The van der Waals surface area contributed by atoms with Gasteiger partial charge in [-0.15, -0.1) is 0 Å². The molecule has 0 aromatic heterocycles. The van der Waals surface area contributed by atoms with E-state index in [0.717, 1.165) is 13.0 Å². The summed E-state index contributed by atoms with van der Waals surface area (Å²) in [5.41, 5.74) is 1.42. The van der Waals surface area contributed by atoms with Crippen molar-refractivity contribution in [3.63, 3.8) is 0 Å². The van der Waals surface area contributed by atoms with Gasteiger partial charge in [0, 0.05) is 11.8 Å². The maximum Gasteiger partial charge on any atom is 0.0130 e. The van der Waals surface area contributed by atoms with Gasteiger partial charge in [-0.1, -0.05) is 37.3 Å². The van der Waals surface area contributed by atoms with Crippen LogP contribution in [0.2, 0.25) is 0 Å². The Bertz CT molecular complexity index is 248. The van der Waals surface area contributed by atoms with Gasteiger partial charge in [-0.3, -0.25) is 0 Å². The number of hydrogen-bond donors (Lipinski definition) is 1. The van der Waals surface area contributed by atoms with E-state index in [0.29, 0.717) is 6.04 Å². The van der Waals surface area contributed by atoms with E-state index < -0.39 is 0 Å². The van der Waals surface area contributed by atoms with E-state index in [-0.39, 0.29) is 0 Å². The minimum atomic E-state index is 0.624. The second-order valence-corrected chi connectivity index (χ2v) is 5.07. The minimum Gasteiger partial charge on any atom is -0.313 e. The Balaban J connectivity index is 2.11. The SMILES string of the molecule is CCSCC(C)NCCc1ccccc1. The van der Waals surface area contributed by atoms with Crippen LogP contribution in [0.4, 0.5) is 0 Å². The van der Waals surface area contributed by atoms with Crippen LogP contribution in [0.1, 0.15) is 19.4 Å². The standard InChI is InChI=1S/C13H21NS/c1-3-15-11-12(2)14-10-9-13-7-5-4-6-8-13/h4-8,12,14H,3,9-11H2,1-2H3. The van der Waals surface area contributed by atoms with Crippen LogP contribution in [0, 0.1) is 0 Å². The summed E-state index contributed by atoms with van der Waals surface area (Å²) in [4.78, 5) is 0. The normalized spacial score (nSPS) is 12.7. The molecule has 1 unspecified atom stereocenters. The molecule has 2 heteroatoms. The van der Waals surface area contributed by atoms with Crippen molar-refractivity contribution in [2.45, 2.75) is 26.3 Å². The van der Waals surface area contributed by atoms with Gasteiger partial charge in [0.15, 0.2) is 0 Å². The molecule has 1 aromatic carbocycles. The predicted octanol–water partition coefficient (Wildman–Crippen LogP) is 2.96. The first-order chi connectivity index (χ1) is 7.33. The lowest BCUT2D eigenvalue weighted by molar-refractivity contribution is 0.597. The zero-order valence-corrected chi connectivity index (χ0v) is 10.5. The van der Waals surface area contributed by atoms with Gasteiger partial charge in [0.2, 0.25) is 0 Å². The van der Waals surface area contributed by atoms with Gasteiger partial charge < -0.3 is 5.32 Å². The molecule has 0 amide bonds. The number of thioether (sulfide) groups is 1. The van der Waals surface area contributed by atoms with E-state index in [2.05, 4.69) is 49.5 Å². The molecule has 0 radical (unpaired) electrons. The summed E-state index contributed by atoms with van der Waals surface area (Å²) in [7, 11) is 0. The van der Waals surface area contributed by atoms with Crippen LogP contribution in [-0.2, 0) is 6.42 Å². The molecular weight excluding hydrogens is 202 g/mol. The third-order valence-corrected chi connectivity index (χ3v) is 3.47. The highest BCUT2D eigenvalue weighted by Gasteiger charge is 1.99. The molecule has 0 aliphatic heterocycles. The van der Waals surface area contributed by atoms with Crippen molar-refractivity contribution in [3.8, 4) is 0 Å². The Morgan fingerprint density at radius 3 is 2.67 bits per heavy atom. The molecule has 84 valence electrons. The van der Waals surface area contributed by atoms with Crippen molar-refractivity contribution in [1.82, 2.24) is 5.32 Å². The summed E-state index contributed by atoms with van der Waals surface area (Å²) >= 11 is 2.00. The number of hydrogen-bond acceptors (Lipinski definition) is 2. The smallest absolute Gasteiger partial charge is 0.0130 e. The van der Waals surface area contributed by atoms with E-state index in [9.17, 15) is 0 Å². The highest BCUT2D eigenvalue weighted by atomic mass is 32.2. The summed E-state index contributed by atoms with van der Waals surface area (Å²) in [6, 6.07) is 11.3. The van der Waals surface area contributed by atoms with E-state index in [4.69, 9.17) is 0 Å². The minimum absolute atomic E-state index is 0.624. The second kappa shape index (κ2) is 7.77. The van der Waals surface area contributed by atoms with Gasteiger partial charge in [0.05, 0.1) is 0 Å². The molecule has 0 saturated heterocycles. The first-order valence-electron chi connectivity index (χ1n) is 5.68. The van der Waals surface area contributed by atoms with Crippen molar-refractivity contribution in [2.75, 3.05) is 18.1 Å². The van der Waals surface area contributed by atoms with Gasteiger partial charge in [0.25, 0.3) is 0 Å². The molecule has 0 bridgehead atoms. The fraction of sp³-hybridized carbons (Fsp3) is 0.538. The summed E-state index contributed by atoms with van der Waals surface area (Å²) in [6.07, 6.45) is 1.13. The Morgan fingerprint density at radius 1 is 1.27 bits per heavy atom. The second-order valence-electron chi connectivity index (χ2n) is 3.75. The van der Waals surface area contributed by atoms with E-state index in [1.54, 1.807) is 0 Å². The van der Waals surface area contributed by atoms with E-state index in [1.165, 1.54) is 17.1 Å². The molecule has 15 heavy (non-hydrogen) atoms. The third-order valence-electron chi connectivity index (χ3n) is 2.32. The molecule has 0 spiro atoms. The van der Waals surface area contributed by atoms with Crippen molar-refractivity contribution in [3.05, 3.63) is 35.9 Å². The first-order valence-corrected chi connectivity index (χ1v) is 6.83. The average molecular weight is 223 g/mol. The lowest BCUT2D eigenvalue weighted by Crippen LogP contribution is -2.30. The Labute approximate surface area is 97.7 Å². The lowest BCUT2D eigenvalue weighted by Gasteiger charge is -2.12. The summed E-state index contributed by atoms with van der Waals surface area (Å²) in [6.45, 7) is 5.55. The van der Waals surface area contributed by atoms with Gasteiger partial charge in [-0.25, -0.2) is 0 Å². The largest absolute Gasteiger partial charge is 0.313 e. The molecule has 0 fully saturated rings. The van der Waals surface area contributed by atoms with Crippen molar-refractivity contribution in [2.24, 2.45) is 0 Å². The van der Waals surface area contributed by atoms with Crippen LogP contribution < -0.4 is 5.32 Å². The van der Waals surface area contributed by atoms with Gasteiger partial charge >= 0.3 is 0 Å². The number of nitrogens with one attached hydrogen (secondary N) is 1. The Hall–Kier alpha value is -0.470. The Kier molecular flexibility index (Phi) is 6.53. The molecule has 0 aliphatic carbocycles. The highest BCUT2D eigenvalue weighted by molar-refractivity contribution is 7.99. The fourth-order valence-corrected chi connectivity index (χ4v) is 2.17. The molecule has 1 rings (SSSR count). The molecule has 1 nitrogen and oxygen atoms in total. The number of benzene rings is 1. The monoisotopic (exact) mass is 223 g/mol. The van der Waals surface area contributed by atoms with Crippen LogP contribution >= 0.6 is 11.8 Å². The van der Waals surface area contributed by atoms with Crippen molar-refractivity contribution < 1.29 is 0 Å². The summed E-state index contributed by atoms with van der Waals surface area (Å²) in [5.74, 6) is 2.43. The maximum absolute atomic E-state index is 3.55. The molecular formula is C13H21NS. The number of rotatable bonds is 7. The fourth-order valence-electron chi connectivity index (χ4n) is 1.46. The first kappa shape index (κ1) is 12.6. The molecule has 1 aromatic rings. The predicted molar refractivity (Wildman–Crippen MR) is 70.6 cm³/mol. The molecule has 0 aliphatic rings. The summed E-state index contributed by atoms with van der Waals surface area (Å²) in [5, 5.41) is 3.55. The Morgan fingerprint density at radius 2 is 2.00 bits per heavy atom. The zero-order chi connectivity index (χ0) is 10.9. The van der Waals surface area contributed by atoms with Crippen molar-refractivity contribution in [1.29, 1.82) is 0 Å². The topological polar surface area (TPSA) is 12.0 Å². The van der Waals surface area contributed by atoms with E-state index in [1.807, 2.05) is 11.8 Å². The lowest BCUT2D eigenvalue weighted by atomic mass is 10.1. The van der Waals surface area contributed by atoms with Crippen LogP contribution in [0.3, 0.4) is 0 Å². The summed E-state index contributed by atoms with van der Waals surface area (Å²) < 4.78 is 0. The van der Waals surface area contributed by atoms with Crippen molar-refractivity contribution >= 4 is 11.8 Å².